The summed E-state index contributed by atoms with van der Waals surface area (Å²) in [7, 11) is 0. The summed E-state index contributed by atoms with van der Waals surface area (Å²) in [4.78, 5) is 11.1. The smallest absolute Gasteiger partial charge is 0.221 e. The van der Waals surface area contributed by atoms with Crippen molar-refractivity contribution < 1.29 is 9.32 Å². The molecule has 0 bridgehead atoms. The molecule has 1 heterocycles. The second-order valence-electron chi connectivity index (χ2n) is 4.84. The van der Waals surface area contributed by atoms with Crippen molar-refractivity contribution in [1.29, 1.82) is 0 Å². The lowest BCUT2D eigenvalue weighted by molar-refractivity contribution is -0.114. The van der Waals surface area contributed by atoms with Crippen molar-refractivity contribution in [2.45, 2.75) is 33.4 Å². The van der Waals surface area contributed by atoms with Crippen molar-refractivity contribution in [3.8, 4) is 0 Å². The lowest BCUT2D eigenvalue weighted by atomic mass is 10.1. The van der Waals surface area contributed by atoms with Crippen LogP contribution in [-0.2, 0) is 11.3 Å². The normalized spacial score (nSPS) is 12.2. The van der Waals surface area contributed by atoms with E-state index in [4.69, 9.17) is 4.52 Å². The van der Waals surface area contributed by atoms with Crippen molar-refractivity contribution in [1.82, 2.24) is 10.5 Å². The Morgan fingerprint density at radius 1 is 1.40 bits per heavy atom. The molecule has 0 aliphatic carbocycles. The van der Waals surface area contributed by atoms with Crippen LogP contribution in [0.4, 0.5) is 5.69 Å². The first-order valence-electron chi connectivity index (χ1n) is 6.57. The van der Waals surface area contributed by atoms with Crippen molar-refractivity contribution in [3.63, 3.8) is 0 Å². The molecule has 1 aromatic carbocycles. The predicted octanol–water partition coefficient (Wildman–Crippen LogP) is 2.79. The zero-order valence-corrected chi connectivity index (χ0v) is 11.9. The maximum absolute atomic E-state index is 11.1. The van der Waals surface area contributed by atoms with E-state index in [1.165, 1.54) is 6.92 Å². The molecule has 0 aliphatic heterocycles. The lowest BCUT2D eigenvalue weighted by Gasteiger charge is -2.14. The highest BCUT2D eigenvalue weighted by Gasteiger charge is 2.08. The molecule has 5 nitrogen and oxygen atoms in total. The molecule has 0 spiro atoms. The summed E-state index contributed by atoms with van der Waals surface area (Å²) in [6, 6.07) is 9.86. The van der Waals surface area contributed by atoms with Crippen LogP contribution in [0, 0.1) is 6.92 Å². The molecular weight excluding hydrogens is 254 g/mol. The van der Waals surface area contributed by atoms with Crippen LogP contribution in [0.15, 0.2) is 34.9 Å². The van der Waals surface area contributed by atoms with Crippen LogP contribution < -0.4 is 10.6 Å². The van der Waals surface area contributed by atoms with E-state index in [9.17, 15) is 4.79 Å². The van der Waals surface area contributed by atoms with E-state index in [0.717, 1.165) is 22.7 Å². The lowest BCUT2D eigenvalue weighted by Crippen LogP contribution is -2.18. The van der Waals surface area contributed by atoms with Gasteiger partial charge in [-0.2, -0.15) is 0 Å². The summed E-state index contributed by atoms with van der Waals surface area (Å²) in [5, 5.41) is 10.1. The average Bonchev–Trinajstić information content (AvgIpc) is 2.81. The minimum absolute atomic E-state index is 0.0687. The van der Waals surface area contributed by atoms with Crippen LogP contribution in [0.3, 0.4) is 0 Å². The number of hydrogen-bond donors (Lipinski definition) is 2. The Hall–Kier alpha value is -2.14. The van der Waals surface area contributed by atoms with Gasteiger partial charge in [0.05, 0.1) is 5.69 Å². The maximum Gasteiger partial charge on any atom is 0.221 e. The molecular formula is C15H19N3O2. The second-order valence-corrected chi connectivity index (χ2v) is 4.84. The Morgan fingerprint density at radius 3 is 2.85 bits per heavy atom. The predicted molar refractivity (Wildman–Crippen MR) is 77.2 cm³/mol. The molecule has 1 atom stereocenters. The molecule has 1 aromatic heterocycles. The van der Waals surface area contributed by atoms with Crippen molar-refractivity contribution >= 4 is 11.6 Å². The molecule has 0 saturated heterocycles. The molecule has 0 saturated carbocycles. The third-order valence-corrected chi connectivity index (χ3v) is 2.97. The third kappa shape index (κ3) is 3.93. The van der Waals surface area contributed by atoms with E-state index in [-0.39, 0.29) is 11.9 Å². The van der Waals surface area contributed by atoms with Crippen molar-refractivity contribution in [3.05, 3.63) is 47.3 Å². The number of anilines is 1. The summed E-state index contributed by atoms with van der Waals surface area (Å²) >= 11 is 0. The van der Waals surface area contributed by atoms with Gasteiger partial charge in [-0.15, -0.1) is 0 Å². The molecule has 2 N–H and O–H groups in total. The van der Waals surface area contributed by atoms with E-state index in [0.29, 0.717) is 6.54 Å². The van der Waals surface area contributed by atoms with E-state index in [1.54, 1.807) is 0 Å². The van der Waals surface area contributed by atoms with Gasteiger partial charge in [0, 0.05) is 31.3 Å². The van der Waals surface area contributed by atoms with Gasteiger partial charge < -0.3 is 15.2 Å². The highest BCUT2D eigenvalue weighted by molar-refractivity contribution is 5.88. The van der Waals surface area contributed by atoms with Gasteiger partial charge in [-0.1, -0.05) is 17.3 Å². The van der Waals surface area contributed by atoms with Crippen molar-refractivity contribution in [2.24, 2.45) is 0 Å². The Kier molecular flexibility index (Phi) is 4.53. The fourth-order valence-electron chi connectivity index (χ4n) is 1.97. The number of rotatable bonds is 5. The SMILES string of the molecule is CC(=O)Nc1cccc(C(C)NCc2cc(C)on2)c1. The molecule has 0 fully saturated rings. The number of nitrogens with one attached hydrogen (secondary N) is 2. The number of nitrogens with zero attached hydrogens (tertiary/aromatic N) is 1. The van der Waals surface area contributed by atoms with Crippen LogP contribution in [0.1, 0.15) is 36.9 Å². The van der Waals surface area contributed by atoms with Gasteiger partial charge >= 0.3 is 0 Å². The molecule has 1 unspecified atom stereocenters. The minimum Gasteiger partial charge on any atom is -0.361 e. The number of hydrogen-bond acceptors (Lipinski definition) is 4. The van der Waals surface area contributed by atoms with Crippen LogP contribution in [0.2, 0.25) is 0 Å². The molecule has 5 heteroatoms. The first-order chi connectivity index (χ1) is 9.54. The summed E-state index contributed by atoms with van der Waals surface area (Å²) in [6.45, 7) is 6.08. The van der Waals surface area contributed by atoms with E-state index >= 15 is 0 Å². The first kappa shape index (κ1) is 14.3. The Morgan fingerprint density at radius 2 is 2.20 bits per heavy atom. The monoisotopic (exact) mass is 273 g/mol. The molecule has 1 amide bonds. The quantitative estimate of drug-likeness (QED) is 0.879. The van der Waals surface area contributed by atoms with Crippen molar-refractivity contribution in [2.75, 3.05) is 5.32 Å². The van der Waals surface area contributed by atoms with Crippen LogP contribution in [-0.4, -0.2) is 11.1 Å². The molecule has 0 aliphatic rings. The molecule has 20 heavy (non-hydrogen) atoms. The van der Waals surface area contributed by atoms with E-state index in [2.05, 4.69) is 22.7 Å². The van der Waals surface area contributed by atoms with Gasteiger partial charge in [0.15, 0.2) is 0 Å². The van der Waals surface area contributed by atoms with Crippen LogP contribution >= 0.6 is 0 Å². The number of aromatic nitrogens is 1. The molecule has 2 aromatic rings. The topological polar surface area (TPSA) is 67.2 Å². The number of benzene rings is 1. The summed E-state index contributed by atoms with van der Waals surface area (Å²) in [5.41, 5.74) is 2.80. The number of aryl methyl sites for hydroxylation is 1. The zero-order chi connectivity index (χ0) is 14.5. The first-order valence-corrected chi connectivity index (χ1v) is 6.57. The fraction of sp³-hybridized carbons (Fsp3) is 0.333. The van der Waals surface area contributed by atoms with Gasteiger partial charge in [-0.3, -0.25) is 4.79 Å². The number of carbonyl (C=O) groups is 1. The number of amides is 1. The Bertz CT molecular complexity index is 592. The fourth-order valence-corrected chi connectivity index (χ4v) is 1.97. The van der Waals surface area contributed by atoms with Gasteiger partial charge in [-0.05, 0) is 31.5 Å². The van der Waals surface area contributed by atoms with Crippen LogP contribution in [0.5, 0.6) is 0 Å². The highest BCUT2D eigenvalue weighted by Crippen LogP contribution is 2.18. The highest BCUT2D eigenvalue weighted by atomic mass is 16.5. The summed E-state index contributed by atoms with van der Waals surface area (Å²) < 4.78 is 5.03. The maximum atomic E-state index is 11.1. The molecule has 0 radical (unpaired) electrons. The van der Waals surface area contributed by atoms with Crippen LogP contribution in [0.25, 0.3) is 0 Å². The van der Waals surface area contributed by atoms with Gasteiger partial charge in [0.2, 0.25) is 5.91 Å². The zero-order valence-electron chi connectivity index (χ0n) is 11.9. The molecule has 106 valence electrons. The van der Waals surface area contributed by atoms with Gasteiger partial charge in [0.25, 0.3) is 0 Å². The largest absolute Gasteiger partial charge is 0.361 e. The minimum atomic E-state index is -0.0687. The standard InChI is InChI=1S/C15H19N3O2/c1-10-7-15(18-20-10)9-16-11(2)13-5-4-6-14(8-13)17-12(3)19/h4-8,11,16H,9H2,1-3H3,(H,17,19). The molecule has 2 rings (SSSR count). The van der Waals surface area contributed by atoms with E-state index < -0.39 is 0 Å². The summed E-state index contributed by atoms with van der Waals surface area (Å²) in [5.74, 6) is 0.739. The average molecular weight is 273 g/mol. The van der Waals surface area contributed by atoms with E-state index in [1.807, 2.05) is 37.3 Å². The van der Waals surface area contributed by atoms with Gasteiger partial charge in [0.1, 0.15) is 5.76 Å². The Balaban J connectivity index is 1.97. The third-order valence-electron chi connectivity index (χ3n) is 2.97. The second kappa shape index (κ2) is 6.34. The number of carbonyl (C=O) groups excluding carboxylic acids is 1. The van der Waals surface area contributed by atoms with Gasteiger partial charge in [-0.25, -0.2) is 0 Å². The Labute approximate surface area is 118 Å². The summed E-state index contributed by atoms with van der Waals surface area (Å²) in [6.07, 6.45) is 0.